The molecule has 0 spiro atoms. The molecule has 0 aliphatic rings. The second-order valence-corrected chi connectivity index (χ2v) is 4.26. The van der Waals surface area contributed by atoms with Crippen molar-refractivity contribution in [2.75, 3.05) is 5.73 Å². The van der Waals surface area contributed by atoms with Gasteiger partial charge in [-0.05, 0) is 42.0 Å². The number of benzene rings is 1. The largest absolute Gasteiger partial charge is 0.399 e. The van der Waals surface area contributed by atoms with Gasteiger partial charge in [0, 0.05) is 30.1 Å². The van der Waals surface area contributed by atoms with Crippen LogP contribution in [0.15, 0.2) is 48.8 Å². The van der Waals surface area contributed by atoms with E-state index in [2.05, 4.69) is 20.2 Å². The first-order valence-electron chi connectivity index (χ1n) is 5.97. The third-order valence-corrected chi connectivity index (χ3v) is 2.82. The number of hydrogen-bond acceptors (Lipinski definition) is 4. The molecule has 0 bridgehead atoms. The van der Waals surface area contributed by atoms with Crippen LogP contribution in [0.1, 0.15) is 11.4 Å². The molecule has 0 saturated heterocycles. The molecule has 19 heavy (non-hydrogen) atoms. The molecule has 3 rings (SSSR count). The SMILES string of the molecule is Nc1ccc(-c2n[nH]c(Cc3ccncc3)n2)cc1. The fraction of sp³-hybridized carbons (Fsp3) is 0.0714. The van der Waals surface area contributed by atoms with Gasteiger partial charge >= 0.3 is 0 Å². The zero-order valence-corrected chi connectivity index (χ0v) is 10.2. The maximum absolute atomic E-state index is 5.66. The number of nitrogens with zero attached hydrogens (tertiary/aromatic N) is 3. The van der Waals surface area contributed by atoms with Crippen molar-refractivity contribution in [1.82, 2.24) is 20.2 Å². The van der Waals surface area contributed by atoms with Crippen LogP contribution >= 0.6 is 0 Å². The predicted molar refractivity (Wildman–Crippen MR) is 73.3 cm³/mol. The molecular weight excluding hydrogens is 238 g/mol. The second kappa shape index (κ2) is 4.89. The lowest BCUT2D eigenvalue weighted by molar-refractivity contribution is 0.970. The molecule has 3 aromatic rings. The summed E-state index contributed by atoms with van der Waals surface area (Å²) in [6.45, 7) is 0. The predicted octanol–water partition coefficient (Wildman–Crippen LogP) is 2.04. The number of nitrogens with one attached hydrogen (secondary N) is 1. The fourth-order valence-electron chi connectivity index (χ4n) is 1.83. The molecule has 2 heterocycles. The molecule has 0 aliphatic heterocycles. The van der Waals surface area contributed by atoms with E-state index in [0.717, 1.165) is 22.6 Å². The van der Waals surface area contributed by atoms with Gasteiger partial charge in [-0.2, -0.15) is 5.10 Å². The quantitative estimate of drug-likeness (QED) is 0.698. The van der Waals surface area contributed by atoms with Crippen LogP contribution in [0.4, 0.5) is 5.69 Å². The van der Waals surface area contributed by atoms with E-state index < -0.39 is 0 Å². The maximum Gasteiger partial charge on any atom is 0.181 e. The maximum atomic E-state index is 5.66. The average molecular weight is 251 g/mol. The molecule has 0 amide bonds. The first-order valence-corrected chi connectivity index (χ1v) is 5.97. The Labute approximate surface area is 110 Å². The van der Waals surface area contributed by atoms with Crippen LogP contribution in [0.5, 0.6) is 0 Å². The lowest BCUT2D eigenvalue weighted by atomic mass is 10.2. The summed E-state index contributed by atoms with van der Waals surface area (Å²) in [5.41, 5.74) is 8.49. The Morgan fingerprint density at radius 2 is 1.74 bits per heavy atom. The van der Waals surface area contributed by atoms with Crippen LogP contribution < -0.4 is 5.73 Å². The number of anilines is 1. The number of nitrogen functional groups attached to an aromatic ring is 1. The van der Waals surface area contributed by atoms with Crippen LogP contribution in [0, 0.1) is 0 Å². The molecule has 0 unspecified atom stereocenters. The molecule has 94 valence electrons. The Kier molecular flexibility index (Phi) is 2.94. The third kappa shape index (κ3) is 2.60. The van der Waals surface area contributed by atoms with Crippen molar-refractivity contribution >= 4 is 5.69 Å². The van der Waals surface area contributed by atoms with Gasteiger partial charge in [0.2, 0.25) is 0 Å². The van der Waals surface area contributed by atoms with Crippen molar-refractivity contribution < 1.29 is 0 Å². The Morgan fingerprint density at radius 3 is 2.47 bits per heavy atom. The van der Waals surface area contributed by atoms with E-state index in [0.29, 0.717) is 12.2 Å². The summed E-state index contributed by atoms with van der Waals surface area (Å²) in [6, 6.07) is 11.4. The molecular formula is C14H13N5. The summed E-state index contributed by atoms with van der Waals surface area (Å²) in [5, 5.41) is 7.17. The minimum absolute atomic E-state index is 0.684. The minimum atomic E-state index is 0.684. The Bertz CT molecular complexity index is 658. The topological polar surface area (TPSA) is 80.5 Å². The number of rotatable bonds is 3. The van der Waals surface area contributed by atoms with Gasteiger partial charge in [0.1, 0.15) is 5.82 Å². The Morgan fingerprint density at radius 1 is 1.00 bits per heavy atom. The molecule has 5 nitrogen and oxygen atoms in total. The van der Waals surface area contributed by atoms with Crippen LogP contribution in [-0.4, -0.2) is 20.2 Å². The first kappa shape index (κ1) is 11.4. The van der Waals surface area contributed by atoms with E-state index in [9.17, 15) is 0 Å². The molecule has 1 aromatic carbocycles. The monoisotopic (exact) mass is 251 g/mol. The van der Waals surface area contributed by atoms with Crippen LogP contribution in [0.3, 0.4) is 0 Å². The second-order valence-electron chi connectivity index (χ2n) is 4.26. The van der Waals surface area contributed by atoms with Crippen molar-refractivity contribution in [2.45, 2.75) is 6.42 Å². The molecule has 0 saturated carbocycles. The smallest absolute Gasteiger partial charge is 0.181 e. The molecule has 2 aromatic heterocycles. The zero-order chi connectivity index (χ0) is 13.1. The summed E-state index contributed by atoms with van der Waals surface area (Å²) in [6.07, 6.45) is 4.25. The van der Waals surface area contributed by atoms with Crippen molar-refractivity contribution in [2.24, 2.45) is 0 Å². The van der Waals surface area contributed by atoms with Gasteiger partial charge < -0.3 is 5.73 Å². The van der Waals surface area contributed by atoms with Gasteiger partial charge in [0.25, 0.3) is 0 Å². The van der Waals surface area contributed by atoms with Gasteiger partial charge in [0.15, 0.2) is 5.82 Å². The standard InChI is InChI=1S/C14H13N5/c15-12-3-1-11(2-4-12)14-17-13(18-19-14)9-10-5-7-16-8-6-10/h1-8H,9,15H2,(H,17,18,19). The van der Waals surface area contributed by atoms with Crippen molar-refractivity contribution in [3.8, 4) is 11.4 Å². The highest BCUT2D eigenvalue weighted by atomic mass is 15.2. The van der Waals surface area contributed by atoms with Gasteiger partial charge in [-0.25, -0.2) is 4.98 Å². The molecule has 3 N–H and O–H groups in total. The Balaban J connectivity index is 1.82. The van der Waals surface area contributed by atoms with Crippen molar-refractivity contribution in [3.63, 3.8) is 0 Å². The molecule has 0 atom stereocenters. The fourth-order valence-corrected chi connectivity index (χ4v) is 1.83. The van der Waals surface area contributed by atoms with E-state index in [1.165, 1.54) is 0 Å². The van der Waals surface area contributed by atoms with Crippen LogP contribution in [0.25, 0.3) is 11.4 Å². The minimum Gasteiger partial charge on any atom is -0.399 e. The van der Waals surface area contributed by atoms with Crippen molar-refractivity contribution in [3.05, 3.63) is 60.2 Å². The molecule has 5 heteroatoms. The summed E-state index contributed by atoms with van der Waals surface area (Å²) in [4.78, 5) is 8.47. The summed E-state index contributed by atoms with van der Waals surface area (Å²) >= 11 is 0. The number of nitrogens with two attached hydrogens (primary N) is 1. The lowest BCUT2D eigenvalue weighted by Crippen LogP contribution is -1.91. The summed E-state index contributed by atoms with van der Waals surface area (Å²) in [5.74, 6) is 1.52. The zero-order valence-electron chi connectivity index (χ0n) is 10.2. The van der Waals surface area contributed by atoms with Gasteiger partial charge in [0.05, 0.1) is 0 Å². The molecule has 0 aliphatic carbocycles. The number of hydrogen-bond donors (Lipinski definition) is 2. The first-order chi connectivity index (χ1) is 9.31. The highest BCUT2D eigenvalue weighted by Crippen LogP contribution is 2.16. The van der Waals surface area contributed by atoms with E-state index in [1.54, 1.807) is 12.4 Å². The van der Waals surface area contributed by atoms with E-state index in [-0.39, 0.29) is 0 Å². The van der Waals surface area contributed by atoms with Crippen molar-refractivity contribution in [1.29, 1.82) is 0 Å². The van der Waals surface area contributed by atoms with E-state index >= 15 is 0 Å². The normalized spacial score (nSPS) is 10.5. The van der Waals surface area contributed by atoms with Gasteiger partial charge in [-0.1, -0.05) is 0 Å². The summed E-state index contributed by atoms with van der Waals surface area (Å²) < 4.78 is 0. The molecule has 0 radical (unpaired) electrons. The summed E-state index contributed by atoms with van der Waals surface area (Å²) in [7, 11) is 0. The lowest BCUT2D eigenvalue weighted by Gasteiger charge is -1.96. The van der Waals surface area contributed by atoms with Gasteiger partial charge in [-0.15, -0.1) is 0 Å². The van der Waals surface area contributed by atoms with Crippen LogP contribution in [-0.2, 0) is 6.42 Å². The highest BCUT2D eigenvalue weighted by molar-refractivity contribution is 5.58. The number of H-pyrrole nitrogens is 1. The molecule has 0 fully saturated rings. The third-order valence-electron chi connectivity index (χ3n) is 2.82. The van der Waals surface area contributed by atoms with Gasteiger partial charge in [-0.3, -0.25) is 10.1 Å². The van der Waals surface area contributed by atoms with E-state index in [1.807, 2.05) is 36.4 Å². The highest BCUT2D eigenvalue weighted by Gasteiger charge is 2.06. The number of pyridine rings is 1. The average Bonchev–Trinajstić information content (AvgIpc) is 2.89. The number of aromatic nitrogens is 4. The van der Waals surface area contributed by atoms with E-state index in [4.69, 9.17) is 5.73 Å². The Hall–Kier alpha value is -2.69. The van der Waals surface area contributed by atoms with Crippen LogP contribution in [0.2, 0.25) is 0 Å². The number of aromatic amines is 1.